The number of benzene rings is 2. The van der Waals surface area contributed by atoms with Crippen molar-refractivity contribution < 1.29 is 18.4 Å². The van der Waals surface area contributed by atoms with Crippen molar-refractivity contribution in [3.05, 3.63) is 94.3 Å². The first-order valence-corrected chi connectivity index (χ1v) is 10.9. The number of likely N-dealkylation sites (tertiary alicyclic amines) is 1. The van der Waals surface area contributed by atoms with Gasteiger partial charge in [0.2, 0.25) is 0 Å². The van der Waals surface area contributed by atoms with Crippen LogP contribution in [0.25, 0.3) is 0 Å². The van der Waals surface area contributed by atoms with E-state index < -0.39 is 17.5 Å². The molecule has 170 valence electrons. The number of piperidine rings is 1. The first kappa shape index (κ1) is 22.6. The standard InChI is InChI=1S/C26H25F2N3O2/c1-16-4-3-5-22(12-16)30-25(32)23-7-6-17(2)29-24(23)18-8-10-31(11-9-18)26(33)19-13-20(27)15-21(28)14-19/h3-7,12-15,18H,8-11H2,1-2H3,(H,30,32). The number of nitrogens with one attached hydrogen (secondary N) is 1. The van der Waals surface area contributed by atoms with E-state index in [-0.39, 0.29) is 17.4 Å². The molecule has 1 saturated heterocycles. The Labute approximate surface area is 191 Å². The molecule has 0 spiro atoms. The van der Waals surface area contributed by atoms with E-state index in [1.54, 1.807) is 11.0 Å². The van der Waals surface area contributed by atoms with E-state index in [9.17, 15) is 18.4 Å². The Morgan fingerprint density at radius 1 is 0.970 bits per heavy atom. The van der Waals surface area contributed by atoms with Gasteiger partial charge in [-0.15, -0.1) is 0 Å². The van der Waals surface area contributed by atoms with Gasteiger partial charge in [-0.1, -0.05) is 12.1 Å². The Bertz CT molecular complexity index is 1180. The van der Waals surface area contributed by atoms with Gasteiger partial charge in [-0.05, 0) is 68.7 Å². The van der Waals surface area contributed by atoms with Crippen LogP contribution < -0.4 is 5.32 Å². The van der Waals surface area contributed by atoms with Crippen LogP contribution in [0.1, 0.15) is 56.4 Å². The maximum absolute atomic E-state index is 13.5. The van der Waals surface area contributed by atoms with Gasteiger partial charge in [0.05, 0.1) is 11.3 Å². The summed E-state index contributed by atoms with van der Waals surface area (Å²) >= 11 is 0. The van der Waals surface area contributed by atoms with Crippen molar-refractivity contribution in [2.24, 2.45) is 0 Å². The SMILES string of the molecule is Cc1cccc(NC(=O)c2ccc(C)nc2C2CCN(C(=O)c3cc(F)cc(F)c3)CC2)c1. The lowest BCUT2D eigenvalue weighted by Crippen LogP contribution is -2.38. The molecule has 3 aromatic rings. The molecular formula is C26H25F2N3O2. The second-order valence-corrected chi connectivity index (χ2v) is 8.43. The minimum Gasteiger partial charge on any atom is -0.339 e. The molecule has 0 radical (unpaired) electrons. The van der Waals surface area contributed by atoms with Crippen LogP contribution in [0.15, 0.2) is 54.6 Å². The number of hydrogen-bond donors (Lipinski definition) is 1. The van der Waals surface area contributed by atoms with Gasteiger partial charge in [-0.2, -0.15) is 0 Å². The van der Waals surface area contributed by atoms with Crippen LogP contribution in [0.3, 0.4) is 0 Å². The average molecular weight is 450 g/mol. The van der Waals surface area contributed by atoms with Crippen molar-refractivity contribution in [3.63, 3.8) is 0 Å². The number of aromatic nitrogens is 1. The highest BCUT2D eigenvalue weighted by atomic mass is 19.1. The van der Waals surface area contributed by atoms with Crippen LogP contribution in [-0.4, -0.2) is 34.8 Å². The molecule has 7 heteroatoms. The number of nitrogens with zero attached hydrogens (tertiary/aromatic N) is 2. The maximum atomic E-state index is 13.5. The first-order valence-electron chi connectivity index (χ1n) is 10.9. The number of amides is 2. The van der Waals surface area contributed by atoms with Crippen LogP contribution in [0.5, 0.6) is 0 Å². The summed E-state index contributed by atoms with van der Waals surface area (Å²) in [5, 5.41) is 2.94. The van der Waals surface area contributed by atoms with Gasteiger partial charge >= 0.3 is 0 Å². The molecule has 2 amide bonds. The van der Waals surface area contributed by atoms with Crippen LogP contribution in [0.2, 0.25) is 0 Å². The summed E-state index contributed by atoms with van der Waals surface area (Å²) in [7, 11) is 0. The summed E-state index contributed by atoms with van der Waals surface area (Å²) in [6.07, 6.45) is 1.20. The van der Waals surface area contributed by atoms with Crippen molar-refractivity contribution in [2.75, 3.05) is 18.4 Å². The highest BCUT2D eigenvalue weighted by Crippen LogP contribution is 2.30. The number of hydrogen-bond acceptors (Lipinski definition) is 3. The topological polar surface area (TPSA) is 62.3 Å². The largest absolute Gasteiger partial charge is 0.339 e. The summed E-state index contributed by atoms with van der Waals surface area (Å²) in [6, 6.07) is 14.0. The molecule has 4 rings (SSSR count). The van der Waals surface area contributed by atoms with Crippen molar-refractivity contribution in [1.29, 1.82) is 0 Å². The molecule has 1 fully saturated rings. The molecular weight excluding hydrogens is 424 g/mol. The number of rotatable bonds is 4. The predicted octanol–water partition coefficient (Wildman–Crippen LogP) is 5.25. The molecule has 2 heterocycles. The number of carbonyl (C=O) groups excluding carboxylic acids is 2. The Morgan fingerprint density at radius 2 is 1.67 bits per heavy atom. The second kappa shape index (κ2) is 9.48. The smallest absolute Gasteiger partial charge is 0.257 e. The van der Waals surface area contributed by atoms with Gasteiger partial charge in [0, 0.05) is 42.0 Å². The average Bonchev–Trinajstić information content (AvgIpc) is 2.78. The van der Waals surface area contributed by atoms with Gasteiger partial charge in [0.1, 0.15) is 11.6 Å². The summed E-state index contributed by atoms with van der Waals surface area (Å²) in [4.78, 5) is 32.0. The normalized spacial score (nSPS) is 14.2. The van der Waals surface area contributed by atoms with Gasteiger partial charge in [-0.3, -0.25) is 14.6 Å². The Morgan fingerprint density at radius 3 is 2.33 bits per heavy atom. The third-order valence-electron chi connectivity index (χ3n) is 5.86. The highest BCUT2D eigenvalue weighted by Gasteiger charge is 2.28. The van der Waals surface area contributed by atoms with E-state index in [1.165, 1.54) is 0 Å². The lowest BCUT2D eigenvalue weighted by atomic mass is 9.89. The predicted molar refractivity (Wildman–Crippen MR) is 122 cm³/mol. The van der Waals surface area contributed by atoms with E-state index >= 15 is 0 Å². The summed E-state index contributed by atoms with van der Waals surface area (Å²) in [5.74, 6) is -2.18. The summed E-state index contributed by atoms with van der Waals surface area (Å²) < 4.78 is 27.0. The molecule has 1 aliphatic heterocycles. The quantitative estimate of drug-likeness (QED) is 0.592. The van der Waals surface area contributed by atoms with Crippen LogP contribution in [-0.2, 0) is 0 Å². The molecule has 0 aliphatic carbocycles. The molecule has 5 nitrogen and oxygen atoms in total. The number of carbonyl (C=O) groups is 2. The molecule has 33 heavy (non-hydrogen) atoms. The molecule has 1 aliphatic rings. The van der Waals surface area contributed by atoms with E-state index in [0.717, 1.165) is 29.5 Å². The Hall–Kier alpha value is -3.61. The fraction of sp³-hybridized carbons (Fsp3) is 0.269. The van der Waals surface area contributed by atoms with Crippen LogP contribution >= 0.6 is 0 Å². The summed E-state index contributed by atoms with van der Waals surface area (Å²) in [6.45, 7) is 4.66. The van der Waals surface area contributed by atoms with Crippen molar-refractivity contribution in [3.8, 4) is 0 Å². The van der Waals surface area contributed by atoms with Gasteiger partial charge in [0.25, 0.3) is 11.8 Å². The number of aryl methyl sites for hydroxylation is 2. The lowest BCUT2D eigenvalue weighted by Gasteiger charge is -2.32. The fourth-order valence-electron chi connectivity index (χ4n) is 4.22. The third-order valence-corrected chi connectivity index (χ3v) is 5.86. The minimum absolute atomic E-state index is 0.00199. The van der Waals surface area contributed by atoms with Gasteiger partial charge in [-0.25, -0.2) is 8.78 Å². The van der Waals surface area contributed by atoms with E-state index in [0.29, 0.717) is 42.9 Å². The molecule has 1 aromatic heterocycles. The second-order valence-electron chi connectivity index (χ2n) is 8.43. The van der Waals surface area contributed by atoms with E-state index in [4.69, 9.17) is 0 Å². The van der Waals surface area contributed by atoms with Crippen molar-refractivity contribution in [2.45, 2.75) is 32.6 Å². The van der Waals surface area contributed by atoms with Gasteiger partial charge < -0.3 is 10.2 Å². The number of halogens is 2. The molecule has 0 saturated carbocycles. The zero-order valence-corrected chi connectivity index (χ0v) is 18.6. The van der Waals surface area contributed by atoms with Gasteiger partial charge in [0.15, 0.2) is 0 Å². The van der Waals surface area contributed by atoms with Crippen molar-refractivity contribution in [1.82, 2.24) is 9.88 Å². The molecule has 1 N–H and O–H groups in total. The highest BCUT2D eigenvalue weighted by molar-refractivity contribution is 6.05. The van der Waals surface area contributed by atoms with Crippen molar-refractivity contribution >= 4 is 17.5 Å². The zero-order valence-electron chi connectivity index (χ0n) is 18.6. The first-order chi connectivity index (χ1) is 15.8. The molecule has 0 bridgehead atoms. The zero-order chi connectivity index (χ0) is 23.5. The number of anilines is 1. The number of pyridine rings is 1. The van der Waals surface area contributed by atoms with E-state index in [2.05, 4.69) is 10.3 Å². The fourth-order valence-corrected chi connectivity index (χ4v) is 4.22. The lowest BCUT2D eigenvalue weighted by molar-refractivity contribution is 0.0710. The monoisotopic (exact) mass is 449 g/mol. The van der Waals surface area contributed by atoms with Crippen LogP contribution in [0.4, 0.5) is 14.5 Å². The Kier molecular flexibility index (Phi) is 6.49. The maximum Gasteiger partial charge on any atom is 0.257 e. The third kappa shape index (κ3) is 5.25. The van der Waals surface area contributed by atoms with E-state index in [1.807, 2.05) is 44.2 Å². The minimum atomic E-state index is -0.776. The molecule has 0 atom stereocenters. The van der Waals surface area contributed by atoms with Crippen LogP contribution in [0, 0.1) is 25.5 Å². The molecule has 0 unspecified atom stereocenters. The summed E-state index contributed by atoms with van der Waals surface area (Å²) in [5.41, 5.74) is 3.80. The molecule has 2 aromatic carbocycles. The Balaban J connectivity index is 1.49.